The standard InChI is InChI=1S/C16H9Cl4FN4O3S/c1-7-15(22-24-25(7)13-3-2-8(17)4-12(13)21)16(26)23-29(27,28)14-6-10(19)9(18)5-11(14)20/h2-6H,1H3,(H,23,26). The average molecular weight is 498 g/mol. The minimum atomic E-state index is -4.41. The summed E-state index contributed by atoms with van der Waals surface area (Å²) in [5.41, 5.74) is -0.257. The number of benzene rings is 2. The number of aromatic nitrogens is 3. The first kappa shape index (κ1) is 21.8. The summed E-state index contributed by atoms with van der Waals surface area (Å²) in [4.78, 5) is 12.0. The molecule has 2 aromatic carbocycles. The van der Waals surface area contributed by atoms with Crippen LogP contribution in [0.15, 0.2) is 35.2 Å². The van der Waals surface area contributed by atoms with Crippen molar-refractivity contribution in [3.63, 3.8) is 0 Å². The Morgan fingerprint density at radius 2 is 1.72 bits per heavy atom. The van der Waals surface area contributed by atoms with Gasteiger partial charge in [0.15, 0.2) is 5.69 Å². The number of halogens is 5. The van der Waals surface area contributed by atoms with Crippen LogP contribution < -0.4 is 4.72 Å². The fourth-order valence-corrected chi connectivity index (χ4v) is 4.47. The molecule has 29 heavy (non-hydrogen) atoms. The van der Waals surface area contributed by atoms with Crippen molar-refractivity contribution in [1.82, 2.24) is 19.7 Å². The van der Waals surface area contributed by atoms with Gasteiger partial charge in [-0.2, -0.15) is 0 Å². The van der Waals surface area contributed by atoms with Gasteiger partial charge in [-0.15, -0.1) is 5.10 Å². The highest BCUT2D eigenvalue weighted by atomic mass is 35.5. The van der Waals surface area contributed by atoms with Crippen LogP contribution >= 0.6 is 46.4 Å². The topological polar surface area (TPSA) is 93.9 Å². The molecule has 0 spiro atoms. The molecule has 0 aliphatic heterocycles. The highest BCUT2D eigenvalue weighted by Gasteiger charge is 2.26. The van der Waals surface area contributed by atoms with E-state index in [4.69, 9.17) is 46.4 Å². The third-order valence-electron chi connectivity index (χ3n) is 3.74. The summed E-state index contributed by atoms with van der Waals surface area (Å²) in [6.45, 7) is 1.42. The van der Waals surface area contributed by atoms with Crippen molar-refractivity contribution in [2.45, 2.75) is 11.8 Å². The van der Waals surface area contributed by atoms with E-state index in [1.807, 2.05) is 4.72 Å². The zero-order valence-electron chi connectivity index (χ0n) is 14.3. The third kappa shape index (κ3) is 4.34. The molecular weight excluding hydrogens is 489 g/mol. The lowest BCUT2D eigenvalue weighted by Gasteiger charge is -2.09. The number of carbonyl (C=O) groups excluding carboxylic acids is 1. The lowest BCUT2D eigenvalue weighted by molar-refractivity contribution is 0.0976. The molecule has 0 aliphatic carbocycles. The van der Waals surface area contributed by atoms with Crippen molar-refractivity contribution in [2.75, 3.05) is 0 Å². The van der Waals surface area contributed by atoms with E-state index in [1.54, 1.807) is 0 Å². The van der Waals surface area contributed by atoms with Gasteiger partial charge in [0.05, 0.1) is 20.8 Å². The second-order valence-electron chi connectivity index (χ2n) is 5.66. The number of carbonyl (C=O) groups is 1. The molecule has 13 heteroatoms. The molecule has 0 fully saturated rings. The Bertz CT molecular complexity index is 1250. The summed E-state index contributed by atoms with van der Waals surface area (Å²) in [7, 11) is -4.41. The minimum Gasteiger partial charge on any atom is -0.266 e. The van der Waals surface area contributed by atoms with E-state index in [2.05, 4.69) is 10.3 Å². The van der Waals surface area contributed by atoms with Crippen molar-refractivity contribution >= 4 is 62.3 Å². The maximum absolute atomic E-state index is 14.1. The van der Waals surface area contributed by atoms with Crippen LogP contribution in [0.1, 0.15) is 16.2 Å². The summed E-state index contributed by atoms with van der Waals surface area (Å²) in [6.07, 6.45) is 0. The molecule has 152 valence electrons. The number of nitrogens with zero attached hydrogens (tertiary/aromatic N) is 3. The van der Waals surface area contributed by atoms with Crippen molar-refractivity contribution in [1.29, 1.82) is 0 Å². The number of hydrogen-bond donors (Lipinski definition) is 1. The maximum Gasteiger partial charge on any atom is 0.287 e. The number of amides is 1. The number of rotatable bonds is 4. The second-order valence-corrected chi connectivity index (χ2v) is 8.97. The van der Waals surface area contributed by atoms with Gasteiger partial charge in [0.2, 0.25) is 0 Å². The molecule has 0 atom stereocenters. The molecule has 7 nitrogen and oxygen atoms in total. The van der Waals surface area contributed by atoms with Crippen LogP contribution in [0.25, 0.3) is 5.69 Å². The average Bonchev–Trinajstić information content (AvgIpc) is 2.99. The van der Waals surface area contributed by atoms with Gasteiger partial charge >= 0.3 is 0 Å². The lowest BCUT2D eigenvalue weighted by Crippen LogP contribution is -2.31. The van der Waals surface area contributed by atoms with Crippen molar-refractivity contribution in [3.8, 4) is 5.69 Å². The maximum atomic E-state index is 14.1. The smallest absolute Gasteiger partial charge is 0.266 e. The van der Waals surface area contributed by atoms with Crippen LogP contribution in [0, 0.1) is 12.7 Å². The number of sulfonamides is 1. The molecule has 1 N–H and O–H groups in total. The quantitative estimate of drug-likeness (QED) is 0.537. The normalized spacial score (nSPS) is 11.5. The summed E-state index contributed by atoms with van der Waals surface area (Å²) >= 11 is 23.2. The molecule has 3 aromatic rings. The molecule has 1 heterocycles. The largest absolute Gasteiger partial charge is 0.287 e. The third-order valence-corrected chi connectivity index (χ3v) is 6.49. The number of hydrogen-bond acceptors (Lipinski definition) is 5. The Morgan fingerprint density at radius 3 is 2.38 bits per heavy atom. The SMILES string of the molecule is Cc1c(C(=O)NS(=O)(=O)c2cc(Cl)c(Cl)cc2Cl)nnn1-c1ccc(Cl)cc1F. The second kappa shape index (κ2) is 8.08. The Labute approximate surface area is 184 Å². The van der Waals surface area contributed by atoms with E-state index >= 15 is 0 Å². The van der Waals surface area contributed by atoms with Crippen LogP contribution in [0.4, 0.5) is 4.39 Å². The molecule has 0 saturated heterocycles. The molecule has 0 aliphatic rings. The fourth-order valence-electron chi connectivity index (χ4n) is 2.36. The van der Waals surface area contributed by atoms with E-state index in [1.165, 1.54) is 19.1 Å². The van der Waals surface area contributed by atoms with Crippen molar-refractivity contribution in [2.24, 2.45) is 0 Å². The monoisotopic (exact) mass is 496 g/mol. The predicted molar refractivity (Wildman–Crippen MR) is 107 cm³/mol. The molecule has 0 unspecified atom stereocenters. The van der Waals surface area contributed by atoms with Gasteiger partial charge in [0.25, 0.3) is 15.9 Å². The summed E-state index contributed by atoms with van der Waals surface area (Å²) in [6, 6.07) is 5.98. The zero-order valence-corrected chi connectivity index (χ0v) is 18.1. The van der Waals surface area contributed by atoms with Crippen molar-refractivity contribution < 1.29 is 17.6 Å². The summed E-state index contributed by atoms with van der Waals surface area (Å²) in [5.74, 6) is -1.79. The van der Waals surface area contributed by atoms with E-state index in [0.29, 0.717) is 0 Å². The van der Waals surface area contributed by atoms with Crippen LogP contribution in [-0.4, -0.2) is 29.3 Å². The first-order chi connectivity index (χ1) is 13.5. The highest BCUT2D eigenvalue weighted by Crippen LogP contribution is 2.31. The van der Waals surface area contributed by atoms with Crippen LogP contribution in [0.3, 0.4) is 0 Å². The van der Waals surface area contributed by atoms with Crippen LogP contribution in [0.5, 0.6) is 0 Å². The Morgan fingerprint density at radius 1 is 1.07 bits per heavy atom. The molecule has 0 bridgehead atoms. The van der Waals surface area contributed by atoms with Gasteiger partial charge in [0, 0.05) is 5.02 Å². The predicted octanol–water partition coefficient (Wildman–Crippen LogP) is 4.45. The zero-order chi connectivity index (χ0) is 21.5. The number of nitrogens with one attached hydrogen (secondary N) is 1. The van der Waals surface area contributed by atoms with E-state index < -0.39 is 26.6 Å². The Hall–Kier alpha value is -1.91. The Kier molecular flexibility index (Phi) is 6.07. The molecule has 3 rings (SSSR count). The van der Waals surface area contributed by atoms with E-state index in [-0.39, 0.29) is 37.2 Å². The van der Waals surface area contributed by atoms with E-state index in [9.17, 15) is 17.6 Å². The fraction of sp³-hybridized carbons (Fsp3) is 0.0625. The first-order valence-corrected chi connectivity index (χ1v) is 10.6. The highest BCUT2D eigenvalue weighted by molar-refractivity contribution is 7.90. The van der Waals surface area contributed by atoms with E-state index in [0.717, 1.165) is 22.9 Å². The summed E-state index contributed by atoms with van der Waals surface area (Å²) in [5, 5.41) is 7.27. The van der Waals surface area contributed by atoms with Gasteiger partial charge in [-0.05, 0) is 37.3 Å². The summed E-state index contributed by atoms with van der Waals surface area (Å²) < 4.78 is 42.1. The first-order valence-electron chi connectivity index (χ1n) is 7.60. The van der Waals surface area contributed by atoms with Crippen LogP contribution in [0.2, 0.25) is 20.1 Å². The molecule has 1 aromatic heterocycles. The van der Waals surface area contributed by atoms with Gasteiger partial charge < -0.3 is 0 Å². The van der Waals surface area contributed by atoms with Gasteiger partial charge in [0.1, 0.15) is 16.4 Å². The van der Waals surface area contributed by atoms with Crippen LogP contribution in [-0.2, 0) is 10.0 Å². The molecule has 0 radical (unpaired) electrons. The Balaban J connectivity index is 1.94. The minimum absolute atomic E-state index is 0.0196. The van der Waals surface area contributed by atoms with Gasteiger partial charge in [-0.3, -0.25) is 4.79 Å². The molecule has 1 amide bonds. The van der Waals surface area contributed by atoms with Gasteiger partial charge in [-0.1, -0.05) is 51.6 Å². The molecular formula is C16H9Cl4FN4O3S. The molecule has 0 saturated carbocycles. The van der Waals surface area contributed by atoms with Gasteiger partial charge in [-0.25, -0.2) is 22.2 Å². The van der Waals surface area contributed by atoms with Crippen molar-refractivity contribution in [3.05, 3.63) is 67.6 Å². The lowest BCUT2D eigenvalue weighted by atomic mass is 10.2.